The lowest BCUT2D eigenvalue weighted by atomic mass is 10.0. The van der Waals surface area contributed by atoms with Crippen LogP contribution >= 0.6 is 11.6 Å². The number of halogens is 2. The lowest BCUT2D eigenvalue weighted by Gasteiger charge is -2.10. The van der Waals surface area contributed by atoms with Gasteiger partial charge < -0.3 is 5.32 Å². The van der Waals surface area contributed by atoms with Crippen LogP contribution in [0.2, 0.25) is 5.02 Å². The highest BCUT2D eigenvalue weighted by Gasteiger charge is 2.11. The Bertz CT molecular complexity index is 1100. The highest BCUT2D eigenvalue weighted by molar-refractivity contribution is 6.31. The summed E-state index contributed by atoms with van der Waals surface area (Å²) in [4.78, 5) is 17.5. The van der Waals surface area contributed by atoms with Crippen molar-refractivity contribution in [2.45, 2.75) is 0 Å². The van der Waals surface area contributed by atoms with E-state index in [0.29, 0.717) is 17.3 Å². The minimum atomic E-state index is -0.444. The lowest BCUT2D eigenvalue weighted by Crippen LogP contribution is -2.00. The molecule has 2 aromatic carbocycles. The fourth-order valence-electron chi connectivity index (χ4n) is 2.70. The van der Waals surface area contributed by atoms with Gasteiger partial charge in [0.1, 0.15) is 17.3 Å². The van der Waals surface area contributed by atoms with Gasteiger partial charge in [-0.2, -0.15) is 0 Å². The molecule has 0 spiro atoms. The van der Waals surface area contributed by atoms with Gasteiger partial charge in [-0.05, 0) is 35.4 Å². The Morgan fingerprint density at radius 2 is 1.81 bits per heavy atom. The van der Waals surface area contributed by atoms with Crippen LogP contribution in [0.25, 0.3) is 33.5 Å². The third-order valence-electron chi connectivity index (χ3n) is 3.98. The van der Waals surface area contributed by atoms with E-state index in [1.807, 2.05) is 18.2 Å². The molecule has 0 atom stereocenters. The van der Waals surface area contributed by atoms with Crippen molar-refractivity contribution in [1.29, 1.82) is 0 Å². The van der Waals surface area contributed by atoms with Gasteiger partial charge in [0.05, 0.1) is 16.7 Å². The SMILES string of the molecule is CNc1nc(-c2cnccn2)nc2cc(-c3ccc(F)c(Cl)c3)ccc12. The standard InChI is InChI=1S/C19H13ClFN5/c1-22-18-13-4-2-12(11-3-5-15(21)14(20)8-11)9-16(13)25-19(26-18)17-10-23-6-7-24-17/h2-10H,1H3,(H,22,25,26). The number of rotatable bonds is 3. The van der Waals surface area contributed by atoms with Crippen LogP contribution in [0.3, 0.4) is 0 Å². The third-order valence-corrected chi connectivity index (χ3v) is 4.27. The van der Waals surface area contributed by atoms with E-state index in [4.69, 9.17) is 11.6 Å². The van der Waals surface area contributed by atoms with Crippen molar-refractivity contribution >= 4 is 28.3 Å². The van der Waals surface area contributed by atoms with Gasteiger partial charge in [0.2, 0.25) is 0 Å². The van der Waals surface area contributed by atoms with E-state index in [-0.39, 0.29) is 5.02 Å². The van der Waals surface area contributed by atoms with Crippen LogP contribution in [-0.4, -0.2) is 27.0 Å². The summed E-state index contributed by atoms with van der Waals surface area (Å²) in [6.45, 7) is 0. The van der Waals surface area contributed by atoms with E-state index in [1.54, 1.807) is 37.8 Å². The molecule has 26 heavy (non-hydrogen) atoms. The van der Waals surface area contributed by atoms with Gasteiger partial charge in [0.15, 0.2) is 5.82 Å². The van der Waals surface area contributed by atoms with E-state index in [9.17, 15) is 4.39 Å². The van der Waals surface area contributed by atoms with Crippen LogP contribution in [0.15, 0.2) is 55.0 Å². The van der Waals surface area contributed by atoms with Crippen molar-refractivity contribution in [3.8, 4) is 22.6 Å². The van der Waals surface area contributed by atoms with Gasteiger partial charge >= 0.3 is 0 Å². The molecule has 1 N–H and O–H groups in total. The molecule has 0 aliphatic heterocycles. The van der Waals surface area contributed by atoms with E-state index >= 15 is 0 Å². The smallest absolute Gasteiger partial charge is 0.182 e. The summed E-state index contributed by atoms with van der Waals surface area (Å²) >= 11 is 5.91. The van der Waals surface area contributed by atoms with Gasteiger partial charge in [-0.25, -0.2) is 19.3 Å². The quantitative estimate of drug-likeness (QED) is 0.575. The summed E-state index contributed by atoms with van der Waals surface area (Å²) in [5.74, 6) is 0.726. The van der Waals surface area contributed by atoms with Crippen LogP contribution in [-0.2, 0) is 0 Å². The van der Waals surface area contributed by atoms with Crippen LogP contribution < -0.4 is 5.32 Å². The Morgan fingerprint density at radius 3 is 2.54 bits per heavy atom. The maximum absolute atomic E-state index is 13.4. The molecule has 0 fully saturated rings. The average Bonchev–Trinajstić information content (AvgIpc) is 2.69. The third kappa shape index (κ3) is 2.95. The maximum atomic E-state index is 13.4. The summed E-state index contributed by atoms with van der Waals surface area (Å²) < 4.78 is 13.4. The second-order valence-corrected chi connectivity index (χ2v) is 6.00. The molecule has 5 nitrogen and oxygen atoms in total. The molecule has 0 bridgehead atoms. The molecular formula is C19H13ClFN5. The fraction of sp³-hybridized carbons (Fsp3) is 0.0526. The minimum absolute atomic E-state index is 0.0847. The molecule has 4 rings (SSSR count). The Hall–Kier alpha value is -3.12. The van der Waals surface area contributed by atoms with Crippen LogP contribution in [0.5, 0.6) is 0 Å². The second kappa shape index (κ2) is 6.65. The highest BCUT2D eigenvalue weighted by Crippen LogP contribution is 2.30. The van der Waals surface area contributed by atoms with Gasteiger partial charge in [-0.15, -0.1) is 0 Å². The predicted octanol–water partition coefficient (Wildman–Crippen LogP) is 4.59. The monoisotopic (exact) mass is 365 g/mol. The van der Waals surface area contributed by atoms with Crippen molar-refractivity contribution < 1.29 is 4.39 Å². The number of nitrogens with zero attached hydrogens (tertiary/aromatic N) is 4. The molecule has 2 aromatic heterocycles. The number of hydrogen-bond donors (Lipinski definition) is 1. The molecule has 0 amide bonds. The zero-order valence-corrected chi connectivity index (χ0v) is 14.5. The van der Waals surface area contributed by atoms with Crippen molar-refractivity contribution in [1.82, 2.24) is 19.9 Å². The fourth-order valence-corrected chi connectivity index (χ4v) is 2.89. The summed E-state index contributed by atoms with van der Waals surface area (Å²) in [6, 6.07) is 10.4. The van der Waals surface area contributed by atoms with Crippen molar-refractivity contribution in [3.05, 3.63) is 65.8 Å². The first kappa shape index (κ1) is 16.4. The number of aromatic nitrogens is 4. The molecule has 2 heterocycles. The van der Waals surface area contributed by atoms with E-state index in [0.717, 1.165) is 22.0 Å². The van der Waals surface area contributed by atoms with Crippen molar-refractivity contribution in [3.63, 3.8) is 0 Å². The van der Waals surface area contributed by atoms with Crippen molar-refractivity contribution in [2.75, 3.05) is 12.4 Å². The van der Waals surface area contributed by atoms with Gasteiger partial charge in [0, 0.05) is 24.8 Å². The predicted molar refractivity (Wildman–Crippen MR) is 101 cm³/mol. The van der Waals surface area contributed by atoms with E-state index in [2.05, 4.69) is 25.3 Å². The topological polar surface area (TPSA) is 63.6 Å². The number of hydrogen-bond acceptors (Lipinski definition) is 5. The first-order valence-electron chi connectivity index (χ1n) is 7.87. The van der Waals surface area contributed by atoms with Gasteiger partial charge in [-0.3, -0.25) is 4.98 Å². The van der Waals surface area contributed by atoms with Gasteiger partial charge in [-0.1, -0.05) is 23.7 Å². The zero-order valence-electron chi connectivity index (χ0n) is 13.7. The molecular weight excluding hydrogens is 353 g/mol. The summed E-state index contributed by atoms with van der Waals surface area (Å²) in [5, 5.41) is 4.04. The molecule has 0 aliphatic carbocycles. The van der Waals surface area contributed by atoms with E-state index in [1.165, 1.54) is 6.07 Å². The number of nitrogens with one attached hydrogen (secondary N) is 1. The molecule has 0 radical (unpaired) electrons. The Kier molecular flexibility index (Phi) is 4.18. The maximum Gasteiger partial charge on any atom is 0.182 e. The highest BCUT2D eigenvalue weighted by atomic mass is 35.5. The van der Waals surface area contributed by atoms with E-state index < -0.39 is 5.82 Å². The lowest BCUT2D eigenvalue weighted by molar-refractivity contribution is 0.628. The van der Waals surface area contributed by atoms with Gasteiger partial charge in [0.25, 0.3) is 0 Å². The summed E-state index contributed by atoms with van der Waals surface area (Å²) in [7, 11) is 1.80. The molecule has 4 aromatic rings. The summed E-state index contributed by atoms with van der Waals surface area (Å²) in [6.07, 6.45) is 4.81. The van der Waals surface area contributed by atoms with Crippen LogP contribution in [0.1, 0.15) is 0 Å². The van der Waals surface area contributed by atoms with Crippen LogP contribution in [0.4, 0.5) is 10.2 Å². The largest absolute Gasteiger partial charge is 0.373 e. The summed E-state index contributed by atoms with van der Waals surface area (Å²) in [5.41, 5.74) is 3.01. The molecule has 0 unspecified atom stereocenters. The molecule has 0 aliphatic rings. The normalized spacial score (nSPS) is 10.9. The Morgan fingerprint density at radius 1 is 1.00 bits per heavy atom. The first-order valence-corrected chi connectivity index (χ1v) is 8.25. The Balaban J connectivity index is 1.90. The van der Waals surface area contributed by atoms with Crippen molar-refractivity contribution in [2.24, 2.45) is 0 Å². The average molecular weight is 366 g/mol. The molecule has 0 saturated carbocycles. The van der Waals surface area contributed by atoms with Crippen LogP contribution in [0, 0.1) is 5.82 Å². The minimum Gasteiger partial charge on any atom is -0.373 e. The molecule has 0 saturated heterocycles. The first-order chi connectivity index (χ1) is 12.7. The molecule has 128 valence electrons. The number of fused-ring (bicyclic) bond motifs is 1. The zero-order chi connectivity index (χ0) is 18.1. The second-order valence-electron chi connectivity index (χ2n) is 5.60. The number of anilines is 1. The molecule has 7 heteroatoms. The Labute approximate surface area is 153 Å². The number of benzene rings is 2.